The summed E-state index contributed by atoms with van der Waals surface area (Å²) in [7, 11) is 3.50. The molecule has 1 heterocycles. The van der Waals surface area contributed by atoms with Crippen molar-refractivity contribution in [2.45, 2.75) is 64.5 Å². The average Bonchev–Trinajstić information content (AvgIpc) is 3.28. The molecule has 2 N–H and O–H groups in total. The zero-order valence-corrected chi connectivity index (χ0v) is 21.4. The third-order valence-electron chi connectivity index (χ3n) is 6.25. The van der Waals surface area contributed by atoms with Crippen LogP contribution in [0.4, 0.5) is 14.7 Å². The van der Waals surface area contributed by atoms with E-state index in [4.69, 9.17) is 4.74 Å². The molecule has 0 spiro atoms. The molecule has 1 saturated carbocycles. The molecule has 6 nitrogen and oxygen atoms in total. The van der Waals surface area contributed by atoms with Gasteiger partial charge in [-0.1, -0.05) is 43.9 Å². The summed E-state index contributed by atoms with van der Waals surface area (Å²) in [6.45, 7) is 8.20. The largest absolute Gasteiger partial charge is 0.371 e. The lowest BCUT2D eigenvalue weighted by Gasteiger charge is -2.29. The van der Waals surface area contributed by atoms with Gasteiger partial charge in [0, 0.05) is 37.5 Å². The van der Waals surface area contributed by atoms with Gasteiger partial charge in [0.25, 0.3) is 0 Å². The number of rotatable bonds is 11. The molecule has 1 aromatic heterocycles. The monoisotopic (exact) mass is 485 g/mol. The zero-order valence-electron chi connectivity index (χ0n) is 20.6. The van der Waals surface area contributed by atoms with E-state index >= 15 is 0 Å². The molecule has 0 saturated heterocycles. The van der Waals surface area contributed by atoms with Crippen molar-refractivity contribution >= 4 is 27.3 Å². The van der Waals surface area contributed by atoms with Crippen LogP contribution in [0.1, 0.15) is 63.2 Å². The van der Waals surface area contributed by atoms with Gasteiger partial charge in [0.2, 0.25) is 10.3 Å². The van der Waals surface area contributed by atoms with Gasteiger partial charge < -0.3 is 15.4 Å². The van der Waals surface area contributed by atoms with Crippen molar-refractivity contribution in [1.29, 1.82) is 0 Å². The number of nitrogens with one attached hydrogen (secondary N) is 2. The number of aryl methyl sites for hydroxylation is 1. The van der Waals surface area contributed by atoms with Gasteiger partial charge in [-0.05, 0) is 67.9 Å². The number of halogens is 1. The fourth-order valence-electron chi connectivity index (χ4n) is 4.38. The maximum atomic E-state index is 13.9. The smallest absolute Gasteiger partial charge is 0.211 e. The van der Waals surface area contributed by atoms with Crippen LogP contribution in [0, 0.1) is 11.7 Å². The standard InChI is InChI=1S/C26H36FN5OS/c1-6-8-9-23(28-4)19-10-13-21(14-11-19)30-26-32-31-25(34-26)29-17(3)24(33-5)20-12-15-22(27)18(7-2)16-20/h8-9,12,15-16,19,21,24H,3,6-7,10-11,13-14H2,1-2,4-5H3,(H,29,31)(H,30,32)/b9-8-,28-23+/t19-,21+,24-/m1/s1. The van der Waals surface area contributed by atoms with E-state index in [0.29, 0.717) is 34.8 Å². The number of nitrogens with zero attached hydrogens (tertiary/aromatic N) is 3. The molecule has 1 aliphatic rings. The average molecular weight is 486 g/mol. The molecule has 3 rings (SSSR count). The van der Waals surface area contributed by atoms with Gasteiger partial charge in [-0.15, -0.1) is 10.2 Å². The Bertz CT molecular complexity index is 1010. The first kappa shape index (κ1) is 26.0. The summed E-state index contributed by atoms with van der Waals surface area (Å²) in [4.78, 5) is 4.49. The van der Waals surface area contributed by atoms with Crippen LogP contribution in [0.3, 0.4) is 0 Å². The fourth-order valence-corrected chi connectivity index (χ4v) is 5.14. The second-order valence-corrected chi connectivity index (χ2v) is 9.51. The van der Waals surface area contributed by atoms with Crippen LogP contribution in [0.5, 0.6) is 0 Å². The van der Waals surface area contributed by atoms with Crippen molar-refractivity contribution in [3.05, 3.63) is 59.6 Å². The third-order valence-corrected chi connectivity index (χ3v) is 7.02. The normalized spacial score (nSPS) is 19.9. The van der Waals surface area contributed by atoms with Crippen molar-refractivity contribution in [3.8, 4) is 0 Å². The SMILES string of the molecule is C=C(Nc1nnc(N[C@H]2CC[C@@H](C(/C=C\CC)=N/C)CC2)s1)[C@@H](OC)c1ccc(F)c(CC)c1. The van der Waals surface area contributed by atoms with Crippen LogP contribution in [0.25, 0.3) is 0 Å². The zero-order chi connectivity index (χ0) is 24.5. The molecule has 2 aromatic rings. The number of ether oxygens (including phenoxy) is 1. The summed E-state index contributed by atoms with van der Waals surface area (Å²) in [6.07, 6.45) is 9.98. The van der Waals surface area contributed by atoms with Gasteiger partial charge in [0.15, 0.2) is 0 Å². The first-order valence-electron chi connectivity index (χ1n) is 12.0. The molecule has 34 heavy (non-hydrogen) atoms. The highest BCUT2D eigenvalue weighted by atomic mass is 32.1. The first-order chi connectivity index (χ1) is 16.5. The molecule has 1 fully saturated rings. The van der Waals surface area contributed by atoms with Gasteiger partial charge in [-0.2, -0.15) is 0 Å². The third kappa shape index (κ3) is 6.73. The van der Waals surface area contributed by atoms with Gasteiger partial charge in [0.1, 0.15) is 11.9 Å². The minimum Gasteiger partial charge on any atom is -0.371 e. The lowest BCUT2D eigenvalue weighted by atomic mass is 9.83. The Hall–Kier alpha value is -2.58. The van der Waals surface area contributed by atoms with E-state index < -0.39 is 6.10 Å². The summed E-state index contributed by atoms with van der Waals surface area (Å²) in [5.74, 6) is 0.329. The predicted octanol–water partition coefficient (Wildman–Crippen LogP) is 6.56. The van der Waals surface area contributed by atoms with E-state index in [9.17, 15) is 4.39 Å². The quantitative estimate of drug-likeness (QED) is 0.353. The molecule has 0 aliphatic heterocycles. The number of methoxy groups -OCH3 is 1. The van der Waals surface area contributed by atoms with E-state index in [1.807, 2.05) is 20.0 Å². The van der Waals surface area contributed by atoms with E-state index in [1.54, 1.807) is 13.2 Å². The molecule has 0 radical (unpaired) electrons. The van der Waals surface area contributed by atoms with Gasteiger partial charge in [-0.3, -0.25) is 4.99 Å². The summed E-state index contributed by atoms with van der Waals surface area (Å²) in [6, 6.07) is 5.41. The van der Waals surface area contributed by atoms with Crippen LogP contribution >= 0.6 is 11.3 Å². The molecule has 8 heteroatoms. The minimum atomic E-state index is -0.419. The lowest BCUT2D eigenvalue weighted by Crippen LogP contribution is -2.28. The number of hydrogen-bond donors (Lipinski definition) is 2. The Kier molecular flexibility index (Phi) is 9.77. The highest BCUT2D eigenvalue weighted by molar-refractivity contribution is 7.19. The molecule has 0 bridgehead atoms. The van der Waals surface area contributed by atoms with Gasteiger partial charge in [-0.25, -0.2) is 4.39 Å². The Morgan fingerprint density at radius 3 is 2.65 bits per heavy atom. The van der Waals surface area contributed by atoms with Crippen molar-refractivity contribution in [1.82, 2.24) is 10.2 Å². The number of anilines is 2. The molecule has 0 amide bonds. The summed E-state index contributed by atoms with van der Waals surface area (Å²) >= 11 is 1.46. The molecule has 1 atom stereocenters. The first-order valence-corrected chi connectivity index (χ1v) is 12.8. The van der Waals surface area contributed by atoms with E-state index in [-0.39, 0.29) is 5.82 Å². The Labute approximate surface area is 206 Å². The Morgan fingerprint density at radius 2 is 2.00 bits per heavy atom. The van der Waals surface area contributed by atoms with Crippen LogP contribution in [0.2, 0.25) is 0 Å². The van der Waals surface area contributed by atoms with E-state index in [0.717, 1.165) is 42.8 Å². The number of allylic oxidation sites excluding steroid dienone is 2. The second-order valence-electron chi connectivity index (χ2n) is 8.53. The summed E-state index contributed by atoms with van der Waals surface area (Å²) in [5.41, 5.74) is 3.34. The summed E-state index contributed by atoms with van der Waals surface area (Å²) < 4.78 is 19.5. The number of hydrogen-bond acceptors (Lipinski definition) is 7. The van der Waals surface area contributed by atoms with E-state index in [1.165, 1.54) is 23.1 Å². The van der Waals surface area contributed by atoms with Gasteiger partial charge in [0.05, 0.1) is 0 Å². The summed E-state index contributed by atoms with van der Waals surface area (Å²) in [5, 5.41) is 16.7. The van der Waals surface area contributed by atoms with Crippen molar-refractivity contribution in [2.24, 2.45) is 10.9 Å². The van der Waals surface area contributed by atoms with Crippen molar-refractivity contribution < 1.29 is 9.13 Å². The minimum absolute atomic E-state index is 0.204. The lowest BCUT2D eigenvalue weighted by molar-refractivity contribution is 0.134. The number of aliphatic imine (C=N–C) groups is 1. The Balaban J connectivity index is 1.55. The molecular weight excluding hydrogens is 449 g/mol. The molecule has 0 unspecified atom stereocenters. The van der Waals surface area contributed by atoms with E-state index in [2.05, 4.69) is 51.5 Å². The maximum absolute atomic E-state index is 13.9. The molecule has 184 valence electrons. The molecule has 1 aromatic carbocycles. The Morgan fingerprint density at radius 1 is 1.26 bits per heavy atom. The van der Waals surface area contributed by atoms with Crippen molar-refractivity contribution in [2.75, 3.05) is 24.8 Å². The highest BCUT2D eigenvalue weighted by Gasteiger charge is 2.24. The van der Waals surface area contributed by atoms with Crippen LogP contribution in [-0.2, 0) is 11.2 Å². The molecule has 1 aliphatic carbocycles. The predicted molar refractivity (Wildman–Crippen MR) is 140 cm³/mol. The van der Waals surface area contributed by atoms with Crippen molar-refractivity contribution in [3.63, 3.8) is 0 Å². The van der Waals surface area contributed by atoms with Crippen LogP contribution in [-0.4, -0.2) is 36.1 Å². The van der Waals surface area contributed by atoms with Crippen LogP contribution in [0.15, 0.2) is 47.6 Å². The second kappa shape index (κ2) is 12.8. The fraction of sp³-hybridized carbons (Fsp3) is 0.500. The highest BCUT2D eigenvalue weighted by Crippen LogP contribution is 2.32. The number of aromatic nitrogens is 2. The molecular formula is C26H36FN5OS. The topological polar surface area (TPSA) is 71.4 Å². The number of benzene rings is 1. The van der Waals surface area contributed by atoms with Crippen LogP contribution < -0.4 is 10.6 Å². The van der Waals surface area contributed by atoms with Gasteiger partial charge >= 0.3 is 0 Å². The maximum Gasteiger partial charge on any atom is 0.211 e.